The maximum atomic E-state index is 10.8. The quantitative estimate of drug-likeness (QED) is 0.535. The van der Waals surface area contributed by atoms with E-state index in [1.54, 1.807) is 0 Å². The number of hydrogen-bond acceptors (Lipinski definition) is 1. The van der Waals surface area contributed by atoms with Crippen molar-refractivity contribution in [3.05, 3.63) is 0 Å². The zero-order chi connectivity index (χ0) is 8.27. The Morgan fingerprint density at radius 3 is 2.36 bits per heavy atom. The van der Waals surface area contributed by atoms with Gasteiger partial charge in [0.1, 0.15) is 0 Å². The van der Waals surface area contributed by atoms with E-state index in [1.807, 2.05) is 0 Å². The predicted molar refractivity (Wildman–Crippen MR) is 50.2 cm³/mol. The molecule has 3 heteroatoms. The van der Waals surface area contributed by atoms with Crippen LogP contribution >= 0.6 is 27.5 Å². The van der Waals surface area contributed by atoms with Gasteiger partial charge in [-0.2, -0.15) is 0 Å². The minimum Gasteiger partial charge on any atom is -0.280 e. The maximum absolute atomic E-state index is 10.8. The second-order valence-electron chi connectivity index (χ2n) is 3.10. The van der Waals surface area contributed by atoms with E-state index < -0.39 is 0 Å². The molecule has 0 aromatic rings. The van der Waals surface area contributed by atoms with Crippen LogP contribution in [0.3, 0.4) is 0 Å². The Morgan fingerprint density at radius 2 is 1.91 bits per heavy atom. The molecule has 0 saturated heterocycles. The summed E-state index contributed by atoms with van der Waals surface area (Å²) < 4.78 is 0. The number of alkyl halides is 1. The van der Waals surface area contributed by atoms with Gasteiger partial charge in [0.2, 0.25) is 5.24 Å². The first-order valence-electron chi connectivity index (χ1n) is 4.05. The molecule has 1 atom stereocenters. The van der Waals surface area contributed by atoms with Crippen LogP contribution < -0.4 is 0 Å². The molecular formula is C8H12BrClO. The lowest BCUT2D eigenvalue weighted by Gasteiger charge is -2.23. The molecule has 0 N–H and O–H groups in total. The lowest BCUT2D eigenvalue weighted by atomic mass is 9.87. The fraction of sp³-hybridized carbons (Fsp3) is 0.875. The van der Waals surface area contributed by atoms with Crippen molar-refractivity contribution in [2.45, 2.75) is 36.9 Å². The summed E-state index contributed by atoms with van der Waals surface area (Å²) in [6, 6.07) is 0. The third-order valence-electron chi connectivity index (χ3n) is 2.28. The lowest BCUT2D eigenvalue weighted by Crippen LogP contribution is -2.22. The monoisotopic (exact) mass is 238 g/mol. The van der Waals surface area contributed by atoms with Gasteiger partial charge in [-0.25, -0.2) is 0 Å². The van der Waals surface area contributed by atoms with Crippen molar-refractivity contribution in [2.75, 3.05) is 0 Å². The van der Waals surface area contributed by atoms with Gasteiger partial charge in [0.25, 0.3) is 0 Å². The SMILES string of the molecule is O=C(Cl)C(Br)C1CCCCC1. The first kappa shape index (κ1) is 9.53. The summed E-state index contributed by atoms with van der Waals surface area (Å²) in [5.74, 6) is 0.480. The Hall–Kier alpha value is 0.440. The largest absolute Gasteiger partial charge is 0.280 e. The molecule has 0 radical (unpaired) electrons. The highest BCUT2D eigenvalue weighted by Crippen LogP contribution is 2.30. The van der Waals surface area contributed by atoms with Gasteiger partial charge >= 0.3 is 0 Å². The molecule has 0 spiro atoms. The average molecular weight is 240 g/mol. The van der Waals surface area contributed by atoms with Crippen LogP contribution in [0.1, 0.15) is 32.1 Å². The van der Waals surface area contributed by atoms with Crippen LogP contribution in [0, 0.1) is 5.92 Å². The number of halogens is 2. The van der Waals surface area contributed by atoms with Crippen LogP contribution in [-0.4, -0.2) is 10.1 Å². The van der Waals surface area contributed by atoms with Crippen LogP contribution in [0.2, 0.25) is 0 Å². The Balaban J connectivity index is 2.38. The molecule has 0 aromatic carbocycles. The molecule has 1 saturated carbocycles. The van der Waals surface area contributed by atoms with Gasteiger partial charge in [0, 0.05) is 0 Å². The zero-order valence-electron chi connectivity index (χ0n) is 6.35. The van der Waals surface area contributed by atoms with E-state index >= 15 is 0 Å². The van der Waals surface area contributed by atoms with Crippen molar-refractivity contribution in [1.82, 2.24) is 0 Å². The smallest absolute Gasteiger partial charge is 0.235 e. The third-order valence-corrected chi connectivity index (χ3v) is 3.94. The van der Waals surface area contributed by atoms with Crippen LogP contribution in [0.15, 0.2) is 0 Å². The Morgan fingerprint density at radius 1 is 1.36 bits per heavy atom. The standard InChI is InChI=1S/C8H12BrClO/c9-7(8(10)11)6-4-2-1-3-5-6/h6-7H,1-5H2. The van der Waals surface area contributed by atoms with Crippen molar-refractivity contribution >= 4 is 32.8 Å². The Kier molecular flexibility index (Phi) is 3.86. The lowest BCUT2D eigenvalue weighted by molar-refractivity contribution is -0.112. The maximum Gasteiger partial charge on any atom is 0.235 e. The third kappa shape index (κ3) is 2.75. The van der Waals surface area contributed by atoms with Gasteiger partial charge in [0.05, 0.1) is 4.83 Å². The van der Waals surface area contributed by atoms with Crippen LogP contribution in [0.25, 0.3) is 0 Å². The number of rotatable bonds is 2. The predicted octanol–water partition coefficient (Wildman–Crippen LogP) is 3.10. The molecule has 64 valence electrons. The minimum atomic E-state index is -0.239. The molecule has 1 aliphatic carbocycles. The molecule has 0 aromatic heterocycles. The summed E-state index contributed by atoms with van der Waals surface area (Å²) in [6.45, 7) is 0. The first-order chi connectivity index (χ1) is 5.22. The van der Waals surface area contributed by atoms with Gasteiger partial charge < -0.3 is 0 Å². The molecule has 1 rings (SSSR count). The van der Waals surface area contributed by atoms with Gasteiger partial charge in [-0.15, -0.1) is 0 Å². The highest BCUT2D eigenvalue weighted by molar-refractivity contribution is 9.10. The van der Waals surface area contributed by atoms with Gasteiger partial charge in [0.15, 0.2) is 0 Å². The zero-order valence-corrected chi connectivity index (χ0v) is 8.70. The normalized spacial score (nSPS) is 23.1. The second-order valence-corrected chi connectivity index (χ2v) is 4.46. The molecule has 11 heavy (non-hydrogen) atoms. The average Bonchev–Trinajstić information content (AvgIpc) is 2.05. The molecule has 1 aliphatic rings. The molecule has 1 fully saturated rings. The summed E-state index contributed by atoms with van der Waals surface area (Å²) in [7, 11) is 0. The summed E-state index contributed by atoms with van der Waals surface area (Å²) >= 11 is 8.70. The fourth-order valence-electron chi connectivity index (χ4n) is 1.61. The van der Waals surface area contributed by atoms with E-state index in [9.17, 15) is 4.79 Å². The molecule has 0 amide bonds. The van der Waals surface area contributed by atoms with E-state index in [0.717, 1.165) is 12.8 Å². The Bertz CT molecular complexity index is 143. The van der Waals surface area contributed by atoms with Crippen molar-refractivity contribution in [3.63, 3.8) is 0 Å². The number of hydrogen-bond donors (Lipinski definition) is 0. The molecular weight excluding hydrogens is 227 g/mol. The van der Waals surface area contributed by atoms with Crippen molar-refractivity contribution in [3.8, 4) is 0 Å². The molecule has 1 unspecified atom stereocenters. The topological polar surface area (TPSA) is 17.1 Å². The van der Waals surface area contributed by atoms with Gasteiger partial charge in [-0.05, 0) is 30.4 Å². The van der Waals surface area contributed by atoms with Gasteiger partial charge in [-0.3, -0.25) is 4.79 Å². The minimum absolute atomic E-state index is 0.107. The number of carbonyl (C=O) groups excluding carboxylic acids is 1. The van der Waals surface area contributed by atoms with Crippen LogP contribution in [0.5, 0.6) is 0 Å². The van der Waals surface area contributed by atoms with E-state index in [2.05, 4.69) is 15.9 Å². The summed E-state index contributed by atoms with van der Waals surface area (Å²) in [6.07, 6.45) is 6.10. The van der Waals surface area contributed by atoms with Crippen molar-refractivity contribution in [2.24, 2.45) is 5.92 Å². The van der Waals surface area contributed by atoms with E-state index in [1.165, 1.54) is 19.3 Å². The van der Waals surface area contributed by atoms with E-state index in [0.29, 0.717) is 5.92 Å². The summed E-state index contributed by atoms with van der Waals surface area (Å²) in [4.78, 5) is 10.7. The molecule has 0 bridgehead atoms. The highest BCUT2D eigenvalue weighted by Gasteiger charge is 2.25. The summed E-state index contributed by atoms with van der Waals surface area (Å²) in [5.41, 5.74) is 0. The first-order valence-corrected chi connectivity index (χ1v) is 5.34. The van der Waals surface area contributed by atoms with Crippen molar-refractivity contribution < 1.29 is 4.79 Å². The van der Waals surface area contributed by atoms with E-state index in [-0.39, 0.29) is 10.1 Å². The van der Waals surface area contributed by atoms with Crippen molar-refractivity contribution in [1.29, 1.82) is 0 Å². The molecule has 0 heterocycles. The molecule has 0 aliphatic heterocycles. The van der Waals surface area contributed by atoms with Crippen LogP contribution in [0.4, 0.5) is 0 Å². The second kappa shape index (κ2) is 4.46. The molecule has 1 nitrogen and oxygen atoms in total. The summed E-state index contributed by atoms with van der Waals surface area (Å²) in [5, 5.41) is -0.239. The highest BCUT2D eigenvalue weighted by atomic mass is 79.9. The Labute approximate surface area is 80.6 Å². The van der Waals surface area contributed by atoms with Gasteiger partial charge in [-0.1, -0.05) is 35.2 Å². The van der Waals surface area contributed by atoms with Crippen LogP contribution in [-0.2, 0) is 4.79 Å². The van der Waals surface area contributed by atoms with E-state index in [4.69, 9.17) is 11.6 Å². The number of carbonyl (C=O) groups is 1. The fourth-order valence-corrected chi connectivity index (χ4v) is 2.32.